The molecule has 0 atom stereocenters. The zero-order valence-electron chi connectivity index (χ0n) is 11.1. The minimum atomic E-state index is -0.306. The quantitative estimate of drug-likeness (QED) is 0.769. The third-order valence-corrected chi connectivity index (χ3v) is 3.39. The second-order valence-corrected chi connectivity index (χ2v) is 4.56. The van der Waals surface area contributed by atoms with E-state index in [1.54, 1.807) is 29.2 Å². The maximum absolute atomic E-state index is 13.9. The van der Waals surface area contributed by atoms with Crippen LogP contribution in [-0.4, -0.2) is 6.54 Å². The van der Waals surface area contributed by atoms with Gasteiger partial charge in [0.05, 0.1) is 16.9 Å². The summed E-state index contributed by atoms with van der Waals surface area (Å²) in [5.74, 6) is 0.0421. The van der Waals surface area contributed by atoms with Crippen LogP contribution in [0.5, 0.6) is 0 Å². The zero-order chi connectivity index (χ0) is 14.5. The fourth-order valence-corrected chi connectivity index (χ4v) is 2.30. The van der Waals surface area contributed by atoms with Gasteiger partial charge in [-0.3, -0.25) is 0 Å². The van der Waals surface area contributed by atoms with Gasteiger partial charge in [0.1, 0.15) is 11.9 Å². The fourth-order valence-electron chi connectivity index (χ4n) is 2.13. The van der Waals surface area contributed by atoms with Crippen molar-refractivity contribution < 1.29 is 4.39 Å². The van der Waals surface area contributed by atoms with Crippen molar-refractivity contribution in [2.45, 2.75) is 12.8 Å². The van der Waals surface area contributed by atoms with Gasteiger partial charge in [-0.2, -0.15) is 5.26 Å². The molecule has 0 aromatic heterocycles. The molecule has 0 N–H and O–H groups in total. The van der Waals surface area contributed by atoms with Gasteiger partial charge in [-0.1, -0.05) is 18.2 Å². The van der Waals surface area contributed by atoms with Gasteiger partial charge in [0.25, 0.3) is 0 Å². The SMILES string of the molecule is CCN(c1ccccc1F)c1ccc(CCl)cc1C#N. The summed E-state index contributed by atoms with van der Waals surface area (Å²) in [5, 5.41) is 9.29. The lowest BCUT2D eigenvalue weighted by Crippen LogP contribution is -2.18. The highest BCUT2D eigenvalue weighted by Crippen LogP contribution is 2.30. The number of anilines is 2. The molecule has 2 nitrogen and oxygen atoms in total. The lowest BCUT2D eigenvalue weighted by Gasteiger charge is -2.25. The molecule has 0 radical (unpaired) electrons. The Hall–Kier alpha value is -2.05. The first-order chi connectivity index (χ1) is 9.71. The van der Waals surface area contributed by atoms with Crippen molar-refractivity contribution in [1.29, 1.82) is 5.26 Å². The normalized spacial score (nSPS) is 10.1. The number of rotatable bonds is 4. The van der Waals surface area contributed by atoms with E-state index in [0.29, 0.717) is 29.4 Å². The summed E-state index contributed by atoms with van der Waals surface area (Å²) < 4.78 is 13.9. The highest BCUT2D eigenvalue weighted by atomic mass is 35.5. The van der Waals surface area contributed by atoms with E-state index in [4.69, 9.17) is 11.6 Å². The topological polar surface area (TPSA) is 27.0 Å². The molecule has 20 heavy (non-hydrogen) atoms. The van der Waals surface area contributed by atoms with Gasteiger partial charge in [0.2, 0.25) is 0 Å². The monoisotopic (exact) mass is 288 g/mol. The smallest absolute Gasteiger partial charge is 0.146 e. The molecule has 0 saturated heterocycles. The van der Waals surface area contributed by atoms with Crippen LogP contribution in [0.15, 0.2) is 42.5 Å². The number of nitriles is 1. The highest BCUT2D eigenvalue weighted by molar-refractivity contribution is 6.17. The predicted octanol–water partition coefficient (Wildman–Crippen LogP) is 4.59. The molecule has 0 spiro atoms. The Morgan fingerprint density at radius 3 is 2.55 bits per heavy atom. The first-order valence-corrected chi connectivity index (χ1v) is 6.85. The third-order valence-electron chi connectivity index (χ3n) is 3.09. The average Bonchev–Trinajstić information content (AvgIpc) is 2.50. The predicted molar refractivity (Wildman–Crippen MR) is 79.8 cm³/mol. The van der Waals surface area contributed by atoms with E-state index in [2.05, 4.69) is 6.07 Å². The minimum Gasteiger partial charge on any atom is -0.338 e. The Morgan fingerprint density at radius 1 is 1.20 bits per heavy atom. The van der Waals surface area contributed by atoms with Gasteiger partial charge < -0.3 is 4.90 Å². The van der Waals surface area contributed by atoms with E-state index in [1.807, 2.05) is 19.1 Å². The Balaban J connectivity index is 2.53. The van der Waals surface area contributed by atoms with Crippen molar-refractivity contribution in [1.82, 2.24) is 0 Å². The molecule has 4 heteroatoms. The van der Waals surface area contributed by atoms with Crippen LogP contribution in [0.2, 0.25) is 0 Å². The average molecular weight is 289 g/mol. The van der Waals surface area contributed by atoms with E-state index in [-0.39, 0.29) is 5.82 Å². The zero-order valence-corrected chi connectivity index (χ0v) is 11.9. The van der Waals surface area contributed by atoms with Crippen molar-refractivity contribution in [3.8, 4) is 6.07 Å². The van der Waals surface area contributed by atoms with E-state index >= 15 is 0 Å². The van der Waals surface area contributed by atoms with Gasteiger partial charge in [-0.25, -0.2) is 4.39 Å². The van der Waals surface area contributed by atoms with Crippen LogP contribution in [0.1, 0.15) is 18.1 Å². The molecule has 2 aromatic rings. The van der Waals surface area contributed by atoms with Crippen LogP contribution in [0.25, 0.3) is 0 Å². The summed E-state index contributed by atoms with van der Waals surface area (Å²) in [6.45, 7) is 2.49. The lowest BCUT2D eigenvalue weighted by atomic mass is 10.1. The van der Waals surface area contributed by atoms with Gasteiger partial charge >= 0.3 is 0 Å². The van der Waals surface area contributed by atoms with Gasteiger partial charge in [-0.15, -0.1) is 11.6 Å². The molecule has 0 unspecified atom stereocenters. The van der Waals surface area contributed by atoms with Gasteiger partial charge in [0, 0.05) is 12.4 Å². The van der Waals surface area contributed by atoms with Gasteiger partial charge in [-0.05, 0) is 36.8 Å². The molecule has 0 aliphatic rings. The van der Waals surface area contributed by atoms with Crippen molar-refractivity contribution in [2.75, 3.05) is 11.4 Å². The number of halogens is 2. The number of para-hydroxylation sites is 1. The summed E-state index contributed by atoms with van der Waals surface area (Å²) in [6, 6.07) is 14.1. The Labute approximate surface area is 123 Å². The third kappa shape index (κ3) is 2.76. The second-order valence-electron chi connectivity index (χ2n) is 4.29. The van der Waals surface area contributed by atoms with Crippen LogP contribution >= 0.6 is 11.6 Å². The number of hydrogen-bond donors (Lipinski definition) is 0. The molecule has 0 fully saturated rings. The molecule has 0 aliphatic carbocycles. The summed E-state index contributed by atoms with van der Waals surface area (Å²) in [7, 11) is 0. The second kappa shape index (κ2) is 6.40. The van der Waals surface area contributed by atoms with Crippen LogP contribution < -0.4 is 4.90 Å². The van der Waals surface area contributed by atoms with Crippen molar-refractivity contribution in [3.63, 3.8) is 0 Å². The minimum absolute atomic E-state index is 0.306. The first-order valence-electron chi connectivity index (χ1n) is 6.32. The van der Waals surface area contributed by atoms with Crippen LogP contribution in [-0.2, 0) is 5.88 Å². The molecular weight excluding hydrogens is 275 g/mol. The van der Waals surface area contributed by atoms with Gasteiger partial charge in [0.15, 0.2) is 0 Å². The van der Waals surface area contributed by atoms with Crippen LogP contribution in [0, 0.1) is 17.1 Å². The maximum Gasteiger partial charge on any atom is 0.146 e. The van der Waals surface area contributed by atoms with E-state index in [9.17, 15) is 9.65 Å². The summed E-state index contributed by atoms with van der Waals surface area (Å²) in [4.78, 5) is 1.78. The number of hydrogen-bond acceptors (Lipinski definition) is 2. The largest absolute Gasteiger partial charge is 0.338 e. The fraction of sp³-hybridized carbons (Fsp3) is 0.188. The molecule has 0 bridgehead atoms. The molecule has 0 amide bonds. The Bertz CT molecular complexity index is 649. The molecule has 0 saturated carbocycles. The molecule has 102 valence electrons. The van der Waals surface area contributed by atoms with Crippen molar-refractivity contribution in [3.05, 3.63) is 59.4 Å². The molecular formula is C16H14ClFN2. The molecule has 2 rings (SSSR count). The molecule has 2 aromatic carbocycles. The number of benzene rings is 2. The van der Waals surface area contributed by atoms with Crippen LogP contribution in [0.3, 0.4) is 0 Å². The number of alkyl halides is 1. The highest BCUT2D eigenvalue weighted by Gasteiger charge is 2.15. The van der Waals surface area contributed by atoms with E-state index in [1.165, 1.54) is 6.07 Å². The Kier molecular flexibility index (Phi) is 4.60. The van der Waals surface area contributed by atoms with E-state index < -0.39 is 0 Å². The summed E-state index contributed by atoms with van der Waals surface area (Å²) >= 11 is 5.78. The Morgan fingerprint density at radius 2 is 1.95 bits per heavy atom. The summed E-state index contributed by atoms with van der Waals surface area (Å²) in [6.07, 6.45) is 0. The standard InChI is InChI=1S/C16H14ClFN2/c1-2-20(16-6-4-3-5-14(16)18)15-8-7-12(10-17)9-13(15)11-19/h3-9H,2,10H2,1H3. The van der Waals surface area contributed by atoms with Crippen LogP contribution in [0.4, 0.5) is 15.8 Å². The van der Waals surface area contributed by atoms with Crippen molar-refractivity contribution in [2.24, 2.45) is 0 Å². The molecule has 0 aliphatic heterocycles. The first kappa shape index (κ1) is 14.4. The lowest BCUT2D eigenvalue weighted by molar-refractivity contribution is 0.625. The molecule has 0 heterocycles. The van der Waals surface area contributed by atoms with E-state index in [0.717, 1.165) is 5.56 Å². The number of nitrogens with zero attached hydrogens (tertiary/aromatic N) is 2. The summed E-state index contributed by atoms with van der Waals surface area (Å²) in [5.41, 5.74) is 2.52. The maximum atomic E-state index is 13.9. The van der Waals surface area contributed by atoms with Crippen molar-refractivity contribution >= 4 is 23.0 Å².